The molecule has 0 aliphatic rings. The molecule has 1 atom stereocenters. The number of carbonyl (C=O) groups excluding carboxylic acids is 1. The third-order valence-corrected chi connectivity index (χ3v) is 4.21. The fraction of sp³-hybridized carbons (Fsp3) is 0.357. The Bertz CT molecular complexity index is 662. The van der Waals surface area contributed by atoms with Gasteiger partial charge in [0, 0.05) is 6.54 Å². The van der Waals surface area contributed by atoms with Crippen LogP contribution in [0.15, 0.2) is 29.4 Å². The van der Waals surface area contributed by atoms with Crippen molar-refractivity contribution in [3.05, 3.63) is 35.1 Å². The molecule has 22 heavy (non-hydrogen) atoms. The van der Waals surface area contributed by atoms with Crippen molar-refractivity contribution in [1.29, 1.82) is 0 Å². The van der Waals surface area contributed by atoms with Crippen LogP contribution in [-0.2, 0) is 11.3 Å². The fourth-order valence-corrected chi connectivity index (χ4v) is 2.85. The molecule has 2 aromatic rings. The van der Waals surface area contributed by atoms with Gasteiger partial charge in [-0.25, -0.2) is 0 Å². The lowest BCUT2D eigenvalue weighted by Gasteiger charge is -2.16. The smallest absolute Gasteiger partial charge is 0.227 e. The van der Waals surface area contributed by atoms with Crippen LogP contribution in [-0.4, -0.2) is 26.4 Å². The van der Waals surface area contributed by atoms with Gasteiger partial charge in [-0.15, -0.1) is 10.2 Å². The van der Waals surface area contributed by atoms with Crippen molar-refractivity contribution in [3.63, 3.8) is 0 Å². The molecule has 1 aromatic carbocycles. The van der Waals surface area contributed by atoms with Crippen LogP contribution in [0.4, 0.5) is 0 Å². The largest absolute Gasteiger partial charge is 0.481 e. The molecule has 0 fully saturated rings. The first-order valence-corrected chi connectivity index (χ1v) is 8.14. The molecular formula is C14H17ClN4O2S. The van der Waals surface area contributed by atoms with Gasteiger partial charge in [0.1, 0.15) is 5.75 Å². The summed E-state index contributed by atoms with van der Waals surface area (Å²) in [5, 5.41) is 9.45. The van der Waals surface area contributed by atoms with Gasteiger partial charge >= 0.3 is 0 Å². The van der Waals surface area contributed by atoms with E-state index in [2.05, 4.69) is 10.2 Å². The van der Waals surface area contributed by atoms with E-state index in [1.165, 1.54) is 11.8 Å². The molecule has 1 amide bonds. The summed E-state index contributed by atoms with van der Waals surface area (Å²) >= 11 is 7.36. The highest BCUT2D eigenvalue weighted by Gasteiger charge is 2.19. The second kappa shape index (κ2) is 7.51. The van der Waals surface area contributed by atoms with Crippen LogP contribution < -0.4 is 10.5 Å². The van der Waals surface area contributed by atoms with Crippen molar-refractivity contribution in [2.24, 2.45) is 5.73 Å². The number of halogens is 1. The van der Waals surface area contributed by atoms with Crippen LogP contribution in [0.25, 0.3) is 0 Å². The van der Waals surface area contributed by atoms with Crippen molar-refractivity contribution >= 4 is 29.3 Å². The standard InChI is InChI=1S/C14H17ClN4O2S/c1-3-19-13(17-18-14(19)22-8-12(16)20)9(2)21-11-7-5-4-6-10(11)15/h4-7,9H,3,8H2,1-2H3,(H2,16,20)/t9-/m0/s1. The Morgan fingerprint density at radius 2 is 2.18 bits per heavy atom. The number of nitrogens with two attached hydrogens (primary N) is 1. The lowest BCUT2D eigenvalue weighted by Crippen LogP contribution is -2.15. The number of hydrogen-bond donors (Lipinski definition) is 1. The summed E-state index contributed by atoms with van der Waals surface area (Å²) < 4.78 is 7.75. The first-order valence-electron chi connectivity index (χ1n) is 6.78. The zero-order chi connectivity index (χ0) is 16.1. The summed E-state index contributed by atoms with van der Waals surface area (Å²) in [5.41, 5.74) is 5.16. The van der Waals surface area contributed by atoms with Gasteiger partial charge in [-0.05, 0) is 26.0 Å². The van der Waals surface area contributed by atoms with E-state index < -0.39 is 5.91 Å². The molecule has 1 heterocycles. The number of amides is 1. The van der Waals surface area contributed by atoms with Crippen molar-refractivity contribution in [2.45, 2.75) is 31.7 Å². The zero-order valence-corrected chi connectivity index (χ0v) is 13.9. The first-order chi connectivity index (χ1) is 10.5. The summed E-state index contributed by atoms with van der Waals surface area (Å²) in [5.74, 6) is 1.04. The molecule has 0 radical (unpaired) electrons. The minimum Gasteiger partial charge on any atom is -0.481 e. The number of thioether (sulfide) groups is 1. The predicted octanol–water partition coefficient (Wildman–Crippen LogP) is 2.67. The van der Waals surface area contributed by atoms with Gasteiger partial charge in [0.05, 0.1) is 10.8 Å². The monoisotopic (exact) mass is 340 g/mol. The number of carbonyl (C=O) groups is 1. The number of nitrogens with zero attached hydrogens (tertiary/aromatic N) is 3. The van der Waals surface area contributed by atoms with Gasteiger partial charge in [0.15, 0.2) is 17.1 Å². The highest BCUT2D eigenvalue weighted by Crippen LogP contribution is 2.29. The number of rotatable bonds is 7. The molecule has 2 rings (SSSR count). The summed E-state index contributed by atoms with van der Waals surface area (Å²) in [6.07, 6.45) is -0.324. The Labute approximate surface area is 138 Å². The number of hydrogen-bond acceptors (Lipinski definition) is 5. The molecule has 0 unspecified atom stereocenters. The van der Waals surface area contributed by atoms with Gasteiger partial charge < -0.3 is 15.0 Å². The average Bonchev–Trinajstić information content (AvgIpc) is 2.90. The Kier molecular flexibility index (Phi) is 5.68. The maximum absolute atomic E-state index is 10.9. The molecule has 1 aromatic heterocycles. The van der Waals surface area contributed by atoms with Crippen LogP contribution in [0.1, 0.15) is 25.8 Å². The molecule has 6 nitrogen and oxygen atoms in total. The molecule has 118 valence electrons. The van der Waals surface area contributed by atoms with Crippen LogP contribution in [0.5, 0.6) is 5.75 Å². The second-order valence-electron chi connectivity index (χ2n) is 4.53. The van der Waals surface area contributed by atoms with Crippen molar-refractivity contribution in [2.75, 3.05) is 5.75 Å². The average molecular weight is 341 g/mol. The number of aromatic nitrogens is 3. The van der Waals surface area contributed by atoms with Crippen molar-refractivity contribution in [1.82, 2.24) is 14.8 Å². The number of benzene rings is 1. The summed E-state index contributed by atoms with van der Waals surface area (Å²) in [6, 6.07) is 7.26. The zero-order valence-electron chi connectivity index (χ0n) is 12.3. The molecule has 0 aliphatic carbocycles. The highest BCUT2D eigenvalue weighted by atomic mass is 35.5. The predicted molar refractivity (Wildman–Crippen MR) is 86.1 cm³/mol. The normalized spacial score (nSPS) is 12.1. The molecule has 0 bridgehead atoms. The lowest BCUT2D eigenvalue weighted by atomic mass is 10.3. The van der Waals surface area contributed by atoms with E-state index in [4.69, 9.17) is 22.1 Å². The fourth-order valence-electron chi connectivity index (χ4n) is 1.92. The van der Waals surface area contributed by atoms with Crippen LogP contribution in [0.3, 0.4) is 0 Å². The van der Waals surface area contributed by atoms with E-state index in [9.17, 15) is 4.79 Å². The number of ether oxygens (including phenoxy) is 1. The van der Waals surface area contributed by atoms with Gasteiger partial charge in [-0.1, -0.05) is 35.5 Å². The second-order valence-corrected chi connectivity index (χ2v) is 5.88. The van der Waals surface area contributed by atoms with E-state index in [0.29, 0.717) is 28.3 Å². The number of para-hydroxylation sites is 1. The third-order valence-electron chi connectivity index (χ3n) is 2.91. The van der Waals surface area contributed by atoms with Crippen LogP contribution >= 0.6 is 23.4 Å². The van der Waals surface area contributed by atoms with E-state index in [-0.39, 0.29) is 11.9 Å². The summed E-state index contributed by atoms with van der Waals surface area (Å²) in [6.45, 7) is 4.52. The molecular weight excluding hydrogens is 324 g/mol. The van der Waals surface area contributed by atoms with E-state index >= 15 is 0 Å². The van der Waals surface area contributed by atoms with E-state index in [0.717, 1.165) is 0 Å². The topological polar surface area (TPSA) is 83.0 Å². The Balaban J connectivity index is 2.17. The van der Waals surface area contributed by atoms with Gasteiger partial charge in [-0.2, -0.15) is 0 Å². The molecule has 2 N–H and O–H groups in total. The van der Waals surface area contributed by atoms with E-state index in [1.807, 2.05) is 30.5 Å². The quantitative estimate of drug-likeness (QED) is 0.783. The minimum atomic E-state index is -0.391. The minimum absolute atomic E-state index is 0.165. The van der Waals surface area contributed by atoms with Gasteiger partial charge in [0.25, 0.3) is 0 Å². The molecule has 0 spiro atoms. The SMILES string of the molecule is CCn1c(SCC(N)=O)nnc1[C@H](C)Oc1ccccc1Cl. The lowest BCUT2D eigenvalue weighted by molar-refractivity contribution is -0.115. The summed E-state index contributed by atoms with van der Waals surface area (Å²) in [7, 11) is 0. The summed E-state index contributed by atoms with van der Waals surface area (Å²) in [4.78, 5) is 10.9. The van der Waals surface area contributed by atoms with Crippen molar-refractivity contribution in [3.8, 4) is 5.75 Å². The first kappa shape index (κ1) is 16.6. The number of primary amides is 1. The van der Waals surface area contributed by atoms with Crippen LogP contribution in [0.2, 0.25) is 5.02 Å². The van der Waals surface area contributed by atoms with Crippen molar-refractivity contribution < 1.29 is 9.53 Å². The van der Waals surface area contributed by atoms with Crippen LogP contribution in [0, 0.1) is 0 Å². The Hall–Kier alpha value is -1.73. The maximum atomic E-state index is 10.9. The molecule has 0 saturated heterocycles. The molecule has 0 saturated carbocycles. The molecule has 0 aliphatic heterocycles. The maximum Gasteiger partial charge on any atom is 0.227 e. The highest BCUT2D eigenvalue weighted by molar-refractivity contribution is 7.99. The van der Waals surface area contributed by atoms with Gasteiger partial charge in [-0.3, -0.25) is 4.79 Å². The van der Waals surface area contributed by atoms with Gasteiger partial charge in [0.2, 0.25) is 5.91 Å². The molecule has 8 heteroatoms. The van der Waals surface area contributed by atoms with E-state index in [1.54, 1.807) is 12.1 Å². The Morgan fingerprint density at radius 1 is 1.45 bits per heavy atom. The Morgan fingerprint density at radius 3 is 2.82 bits per heavy atom. The third kappa shape index (κ3) is 3.92.